The number of Topliss-reactive ketones (excluding diaryl/α,β-unsaturated/α-hetero) is 1. The minimum absolute atomic E-state index is 0.155. The van der Waals surface area contributed by atoms with E-state index in [0.717, 1.165) is 30.2 Å². The zero-order valence-electron chi connectivity index (χ0n) is 11.3. The molecule has 0 bridgehead atoms. The summed E-state index contributed by atoms with van der Waals surface area (Å²) >= 11 is 0. The summed E-state index contributed by atoms with van der Waals surface area (Å²) in [6, 6.07) is 6.83. The van der Waals surface area contributed by atoms with E-state index in [-0.39, 0.29) is 17.5 Å². The van der Waals surface area contributed by atoms with Crippen molar-refractivity contribution in [3.63, 3.8) is 0 Å². The van der Waals surface area contributed by atoms with Crippen LogP contribution in [0.5, 0.6) is 5.75 Å². The van der Waals surface area contributed by atoms with Crippen molar-refractivity contribution >= 4 is 16.8 Å². The van der Waals surface area contributed by atoms with Gasteiger partial charge in [-0.1, -0.05) is 0 Å². The Morgan fingerprint density at radius 2 is 2.05 bits per heavy atom. The van der Waals surface area contributed by atoms with Crippen LogP contribution in [0.1, 0.15) is 31.2 Å². The van der Waals surface area contributed by atoms with Gasteiger partial charge in [-0.25, -0.2) is 4.79 Å². The first kappa shape index (κ1) is 12.9. The highest BCUT2D eigenvalue weighted by Gasteiger charge is 2.23. The maximum absolute atomic E-state index is 11.8. The number of hydrogen-bond donors (Lipinski definition) is 0. The normalized spacial score (nSPS) is 19.2. The predicted molar refractivity (Wildman–Crippen MR) is 75.1 cm³/mol. The second-order valence-corrected chi connectivity index (χ2v) is 5.23. The van der Waals surface area contributed by atoms with Gasteiger partial charge in [0.15, 0.2) is 11.9 Å². The number of rotatable bonds is 2. The molecular weight excluding hydrogens is 256 g/mol. The Morgan fingerprint density at radius 3 is 2.85 bits per heavy atom. The molecule has 1 heterocycles. The molecule has 4 nitrogen and oxygen atoms in total. The number of aryl methyl sites for hydroxylation is 1. The Labute approximate surface area is 116 Å². The lowest BCUT2D eigenvalue weighted by Crippen LogP contribution is -2.30. The van der Waals surface area contributed by atoms with Gasteiger partial charge in [-0.3, -0.25) is 4.79 Å². The van der Waals surface area contributed by atoms with Gasteiger partial charge in [0.05, 0.1) is 0 Å². The van der Waals surface area contributed by atoms with Gasteiger partial charge in [-0.2, -0.15) is 0 Å². The molecule has 1 aliphatic rings. The molecule has 104 valence electrons. The lowest BCUT2D eigenvalue weighted by Gasteiger charge is -2.21. The van der Waals surface area contributed by atoms with E-state index in [2.05, 4.69) is 0 Å². The average molecular weight is 272 g/mol. The second kappa shape index (κ2) is 5.12. The predicted octanol–water partition coefficient (Wildman–Crippen LogP) is 2.99. The Balaban J connectivity index is 1.92. The van der Waals surface area contributed by atoms with Gasteiger partial charge < -0.3 is 9.15 Å². The van der Waals surface area contributed by atoms with Crippen molar-refractivity contribution in [2.45, 2.75) is 38.7 Å². The van der Waals surface area contributed by atoms with E-state index in [4.69, 9.17) is 9.15 Å². The van der Waals surface area contributed by atoms with Crippen molar-refractivity contribution in [1.29, 1.82) is 0 Å². The molecule has 0 unspecified atom stereocenters. The standard InChI is InChI=1S/C16H16O4/c1-10-8-16(18)20-15-9-11(6-7-12(10)15)19-14-5-3-2-4-13(14)17/h6-9,14H,2-5H2,1H3/t14-/m0/s1. The maximum atomic E-state index is 11.8. The summed E-state index contributed by atoms with van der Waals surface area (Å²) in [5, 5.41) is 0.881. The van der Waals surface area contributed by atoms with Crippen LogP contribution in [0.4, 0.5) is 0 Å². The Kier molecular flexibility index (Phi) is 3.30. The monoisotopic (exact) mass is 272 g/mol. The van der Waals surface area contributed by atoms with Crippen LogP contribution < -0.4 is 10.4 Å². The zero-order valence-corrected chi connectivity index (χ0v) is 11.3. The summed E-state index contributed by atoms with van der Waals surface area (Å²) in [7, 11) is 0. The molecule has 0 saturated heterocycles. The molecule has 0 aliphatic heterocycles. The van der Waals surface area contributed by atoms with Gasteiger partial charge >= 0.3 is 5.63 Å². The summed E-state index contributed by atoms with van der Waals surface area (Å²) in [5.41, 5.74) is 0.994. The summed E-state index contributed by atoms with van der Waals surface area (Å²) in [6.07, 6.45) is 2.95. The summed E-state index contributed by atoms with van der Waals surface area (Å²) < 4.78 is 10.9. The van der Waals surface area contributed by atoms with Crippen LogP contribution in [0.25, 0.3) is 11.0 Å². The van der Waals surface area contributed by atoms with Gasteiger partial charge in [0, 0.05) is 23.9 Å². The largest absolute Gasteiger partial charge is 0.483 e. The molecular formula is C16H16O4. The number of carbonyl (C=O) groups excluding carboxylic acids is 1. The van der Waals surface area contributed by atoms with Gasteiger partial charge in [0.2, 0.25) is 0 Å². The first-order valence-corrected chi connectivity index (χ1v) is 6.87. The number of hydrogen-bond acceptors (Lipinski definition) is 4. The molecule has 4 heteroatoms. The maximum Gasteiger partial charge on any atom is 0.336 e. The molecule has 0 N–H and O–H groups in total. The van der Waals surface area contributed by atoms with E-state index in [9.17, 15) is 9.59 Å². The van der Waals surface area contributed by atoms with Crippen molar-refractivity contribution in [1.82, 2.24) is 0 Å². The quantitative estimate of drug-likeness (QED) is 0.789. The van der Waals surface area contributed by atoms with Crippen molar-refractivity contribution < 1.29 is 13.9 Å². The molecule has 1 aromatic heterocycles. The Bertz CT molecular complexity index is 714. The first-order valence-electron chi connectivity index (χ1n) is 6.87. The van der Waals surface area contributed by atoms with Crippen molar-refractivity contribution in [3.05, 3.63) is 40.2 Å². The molecule has 1 saturated carbocycles. The molecule has 0 spiro atoms. The van der Waals surface area contributed by atoms with Crippen LogP contribution in [-0.4, -0.2) is 11.9 Å². The van der Waals surface area contributed by atoms with Crippen LogP contribution >= 0.6 is 0 Å². The van der Waals surface area contributed by atoms with Crippen LogP contribution in [0.3, 0.4) is 0 Å². The van der Waals surface area contributed by atoms with Crippen molar-refractivity contribution in [2.24, 2.45) is 0 Å². The molecule has 0 radical (unpaired) electrons. The topological polar surface area (TPSA) is 56.5 Å². The molecule has 1 fully saturated rings. The van der Waals surface area contributed by atoms with Crippen LogP contribution in [0.15, 0.2) is 33.5 Å². The molecule has 1 aromatic carbocycles. The molecule has 20 heavy (non-hydrogen) atoms. The Hall–Kier alpha value is -2.10. The van der Waals surface area contributed by atoms with Gasteiger partial charge in [0.25, 0.3) is 0 Å². The van der Waals surface area contributed by atoms with Gasteiger partial charge in [-0.05, 0) is 43.9 Å². The fourth-order valence-corrected chi connectivity index (χ4v) is 2.62. The van der Waals surface area contributed by atoms with Gasteiger partial charge in [0.1, 0.15) is 11.3 Å². The van der Waals surface area contributed by atoms with E-state index >= 15 is 0 Å². The number of fused-ring (bicyclic) bond motifs is 1. The summed E-state index contributed by atoms with van der Waals surface area (Å²) in [6.45, 7) is 1.87. The molecule has 3 rings (SSSR count). The summed E-state index contributed by atoms with van der Waals surface area (Å²) in [5.74, 6) is 0.730. The average Bonchev–Trinajstić information content (AvgIpc) is 2.41. The lowest BCUT2D eigenvalue weighted by atomic mass is 9.96. The Morgan fingerprint density at radius 1 is 1.20 bits per heavy atom. The van der Waals surface area contributed by atoms with E-state index < -0.39 is 0 Å². The third kappa shape index (κ3) is 2.46. The van der Waals surface area contributed by atoms with E-state index in [1.807, 2.05) is 19.1 Å². The highest BCUT2D eigenvalue weighted by molar-refractivity contribution is 5.84. The lowest BCUT2D eigenvalue weighted by molar-refractivity contribution is -0.127. The van der Waals surface area contributed by atoms with Crippen LogP contribution in [0.2, 0.25) is 0 Å². The number of carbonyl (C=O) groups is 1. The van der Waals surface area contributed by atoms with Crippen molar-refractivity contribution in [3.8, 4) is 5.75 Å². The minimum Gasteiger partial charge on any atom is -0.483 e. The molecule has 1 aliphatic carbocycles. The minimum atomic E-state index is -0.374. The second-order valence-electron chi connectivity index (χ2n) is 5.23. The fourth-order valence-electron chi connectivity index (χ4n) is 2.62. The van der Waals surface area contributed by atoms with E-state index in [0.29, 0.717) is 17.8 Å². The SMILES string of the molecule is Cc1cc(=O)oc2cc(O[C@H]3CCCCC3=O)ccc12. The van der Waals surface area contributed by atoms with Gasteiger partial charge in [-0.15, -0.1) is 0 Å². The first-order chi connectivity index (χ1) is 9.63. The summed E-state index contributed by atoms with van der Waals surface area (Å²) in [4.78, 5) is 23.2. The molecule has 1 atom stereocenters. The molecule has 0 amide bonds. The fraction of sp³-hybridized carbons (Fsp3) is 0.375. The van der Waals surface area contributed by atoms with E-state index in [1.165, 1.54) is 6.07 Å². The van der Waals surface area contributed by atoms with E-state index in [1.54, 1.807) is 6.07 Å². The third-order valence-electron chi connectivity index (χ3n) is 3.70. The van der Waals surface area contributed by atoms with Crippen molar-refractivity contribution in [2.75, 3.05) is 0 Å². The third-order valence-corrected chi connectivity index (χ3v) is 3.70. The number of ketones is 1. The van der Waals surface area contributed by atoms with Crippen LogP contribution in [-0.2, 0) is 4.79 Å². The highest BCUT2D eigenvalue weighted by atomic mass is 16.5. The zero-order chi connectivity index (χ0) is 14.1. The smallest absolute Gasteiger partial charge is 0.336 e. The number of benzene rings is 1. The number of ether oxygens (including phenoxy) is 1. The highest BCUT2D eigenvalue weighted by Crippen LogP contribution is 2.25. The molecule has 2 aromatic rings. The van der Waals surface area contributed by atoms with Crippen LogP contribution in [0, 0.1) is 6.92 Å².